The molecule has 2 aliphatic rings. The number of likely N-dealkylation sites (tertiary alicyclic amines) is 1. The molecule has 3 heterocycles. The fourth-order valence-electron chi connectivity index (χ4n) is 4.76. The standard InChI is InChI=1S/C23H32N8/c24-17-6-8-18(9-7-17)28-23-29-21-20(25-15-26-21)22(30-23)27-19-10-12-31(13-11-19)14-16-4-2-1-3-5-16/h1-5,15,17-19H,6-14,24H2,(H3,25,26,27,28,29,30)/p+1. The number of nitrogens with one attached hydrogen (secondary N) is 4. The van der Waals surface area contributed by atoms with Gasteiger partial charge in [-0.3, -0.25) is 9.88 Å². The molecule has 5 rings (SSSR count). The summed E-state index contributed by atoms with van der Waals surface area (Å²) in [6, 6.07) is 11.9. The van der Waals surface area contributed by atoms with Gasteiger partial charge in [-0.15, -0.1) is 0 Å². The van der Waals surface area contributed by atoms with Gasteiger partial charge in [0, 0.05) is 37.8 Å². The van der Waals surface area contributed by atoms with Crippen molar-refractivity contribution in [2.24, 2.45) is 5.73 Å². The number of nitrogens with zero attached hydrogens (tertiary/aromatic N) is 3. The maximum Gasteiger partial charge on any atom is 0.307 e. The Morgan fingerprint density at radius 2 is 1.71 bits per heavy atom. The van der Waals surface area contributed by atoms with E-state index in [0.717, 1.165) is 75.1 Å². The predicted molar refractivity (Wildman–Crippen MR) is 123 cm³/mol. The number of rotatable bonds is 6. The molecule has 1 aromatic carbocycles. The van der Waals surface area contributed by atoms with Gasteiger partial charge >= 0.3 is 11.6 Å². The number of anilines is 2. The molecule has 0 atom stereocenters. The summed E-state index contributed by atoms with van der Waals surface area (Å²) in [6.07, 6.45) is 8.28. The van der Waals surface area contributed by atoms with Crippen molar-refractivity contribution in [3.8, 4) is 0 Å². The van der Waals surface area contributed by atoms with Gasteiger partial charge in [0.2, 0.25) is 5.52 Å². The van der Waals surface area contributed by atoms with E-state index in [-0.39, 0.29) is 0 Å². The van der Waals surface area contributed by atoms with Crippen molar-refractivity contribution in [1.29, 1.82) is 0 Å². The summed E-state index contributed by atoms with van der Waals surface area (Å²) in [5.41, 5.74) is 9.19. The Balaban J connectivity index is 1.22. The molecule has 6 N–H and O–H groups in total. The lowest BCUT2D eigenvalue weighted by molar-refractivity contribution is -0.347. The zero-order valence-corrected chi connectivity index (χ0v) is 18.0. The van der Waals surface area contributed by atoms with Crippen LogP contribution in [0.5, 0.6) is 0 Å². The number of imidazole rings is 1. The first kappa shape index (κ1) is 20.2. The Morgan fingerprint density at radius 1 is 0.968 bits per heavy atom. The molecule has 0 unspecified atom stereocenters. The maximum absolute atomic E-state index is 6.05. The lowest BCUT2D eigenvalue weighted by Gasteiger charge is -2.32. The SMILES string of the molecule is NC1CCC(Nc2nc(NC3CCN(Cc4ccccc4)CC3)c3[nH]c[nH+]c3n2)CC1. The van der Waals surface area contributed by atoms with Gasteiger partial charge in [-0.05, 0) is 44.1 Å². The monoisotopic (exact) mass is 421 g/mol. The Hall–Kier alpha value is -2.71. The van der Waals surface area contributed by atoms with Crippen LogP contribution in [0.1, 0.15) is 44.1 Å². The van der Waals surface area contributed by atoms with Gasteiger partial charge in [-0.1, -0.05) is 35.3 Å². The number of fused-ring (bicyclic) bond motifs is 1. The third kappa shape index (κ3) is 4.97. The summed E-state index contributed by atoms with van der Waals surface area (Å²) in [6.45, 7) is 3.20. The van der Waals surface area contributed by atoms with E-state index in [2.05, 4.69) is 60.8 Å². The van der Waals surface area contributed by atoms with Crippen molar-refractivity contribution in [3.63, 3.8) is 0 Å². The third-order valence-corrected chi connectivity index (χ3v) is 6.62. The Bertz CT molecular complexity index is 972. The van der Waals surface area contributed by atoms with Crippen LogP contribution in [0, 0.1) is 0 Å². The highest BCUT2D eigenvalue weighted by atomic mass is 15.2. The first-order valence-corrected chi connectivity index (χ1v) is 11.5. The van der Waals surface area contributed by atoms with Crippen LogP contribution < -0.4 is 21.4 Å². The summed E-state index contributed by atoms with van der Waals surface area (Å²) >= 11 is 0. The van der Waals surface area contributed by atoms with Crippen molar-refractivity contribution >= 4 is 22.9 Å². The number of aromatic nitrogens is 4. The quantitative estimate of drug-likeness (QED) is 0.487. The van der Waals surface area contributed by atoms with Gasteiger partial charge in [0.15, 0.2) is 12.1 Å². The van der Waals surface area contributed by atoms with E-state index in [4.69, 9.17) is 10.7 Å². The van der Waals surface area contributed by atoms with Gasteiger partial charge < -0.3 is 16.4 Å². The Kier molecular flexibility index (Phi) is 5.99. The van der Waals surface area contributed by atoms with Crippen LogP contribution in [-0.2, 0) is 6.54 Å². The summed E-state index contributed by atoms with van der Waals surface area (Å²) < 4.78 is 0. The summed E-state index contributed by atoms with van der Waals surface area (Å²) in [5, 5.41) is 7.23. The molecule has 1 aliphatic heterocycles. The number of hydrogen-bond donors (Lipinski definition) is 4. The molecule has 1 saturated heterocycles. The number of H-pyrrole nitrogens is 2. The van der Waals surface area contributed by atoms with Crippen molar-refractivity contribution < 1.29 is 4.98 Å². The Morgan fingerprint density at radius 3 is 2.48 bits per heavy atom. The van der Waals surface area contributed by atoms with Crippen LogP contribution in [0.2, 0.25) is 0 Å². The highest BCUT2D eigenvalue weighted by Crippen LogP contribution is 2.24. The molecule has 0 amide bonds. The molecule has 8 nitrogen and oxygen atoms in total. The van der Waals surface area contributed by atoms with Crippen LogP contribution in [0.25, 0.3) is 11.2 Å². The van der Waals surface area contributed by atoms with E-state index in [0.29, 0.717) is 24.1 Å². The molecule has 0 spiro atoms. The van der Waals surface area contributed by atoms with Crippen molar-refractivity contribution in [1.82, 2.24) is 19.9 Å². The molecule has 1 saturated carbocycles. The first-order valence-electron chi connectivity index (χ1n) is 11.5. The van der Waals surface area contributed by atoms with Crippen molar-refractivity contribution in [3.05, 3.63) is 42.2 Å². The fourth-order valence-corrected chi connectivity index (χ4v) is 4.76. The average Bonchev–Trinajstić information content (AvgIpc) is 3.26. The third-order valence-electron chi connectivity index (χ3n) is 6.62. The molecule has 3 aromatic rings. The van der Waals surface area contributed by atoms with Crippen molar-refractivity contribution in [2.45, 2.75) is 63.2 Å². The predicted octanol–water partition coefficient (Wildman–Crippen LogP) is 2.53. The van der Waals surface area contributed by atoms with Gasteiger partial charge in [-0.2, -0.15) is 4.98 Å². The molecule has 31 heavy (non-hydrogen) atoms. The number of piperidine rings is 1. The van der Waals surface area contributed by atoms with E-state index in [1.165, 1.54) is 5.56 Å². The molecule has 0 bridgehead atoms. The Labute approximate surface area is 183 Å². The topological polar surface area (TPSA) is 109 Å². The molecule has 0 radical (unpaired) electrons. The molecule has 1 aliphatic carbocycles. The number of benzene rings is 1. The van der Waals surface area contributed by atoms with E-state index >= 15 is 0 Å². The second kappa shape index (κ2) is 9.20. The van der Waals surface area contributed by atoms with Crippen LogP contribution in [0.3, 0.4) is 0 Å². The van der Waals surface area contributed by atoms with E-state index in [9.17, 15) is 0 Å². The van der Waals surface area contributed by atoms with E-state index < -0.39 is 0 Å². The molecule has 2 aromatic heterocycles. The van der Waals surface area contributed by atoms with Crippen molar-refractivity contribution in [2.75, 3.05) is 23.7 Å². The van der Waals surface area contributed by atoms with Gasteiger partial charge in [0.25, 0.3) is 0 Å². The smallest absolute Gasteiger partial charge is 0.307 e. The van der Waals surface area contributed by atoms with Gasteiger partial charge in [-0.25, -0.2) is 4.98 Å². The number of nitrogens with two attached hydrogens (primary N) is 1. The zero-order valence-electron chi connectivity index (χ0n) is 18.0. The molecular weight excluding hydrogens is 388 g/mol. The number of aromatic amines is 2. The normalized spacial score (nSPS) is 23.1. The minimum absolute atomic E-state index is 0.337. The maximum atomic E-state index is 6.05. The first-order chi connectivity index (χ1) is 15.2. The van der Waals surface area contributed by atoms with E-state index in [1.807, 2.05) is 6.33 Å². The van der Waals surface area contributed by atoms with Gasteiger partial charge in [0.1, 0.15) is 0 Å². The number of hydrogen-bond acceptors (Lipinski definition) is 6. The summed E-state index contributed by atoms with van der Waals surface area (Å²) in [4.78, 5) is 18.5. The zero-order chi connectivity index (χ0) is 21.0. The fraction of sp³-hybridized carbons (Fsp3) is 0.522. The minimum Gasteiger partial charge on any atom is -0.364 e. The van der Waals surface area contributed by atoms with Crippen LogP contribution in [0.15, 0.2) is 36.7 Å². The van der Waals surface area contributed by atoms with Crippen LogP contribution >= 0.6 is 0 Å². The lowest BCUT2D eigenvalue weighted by Crippen LogP contribution is -2.39. The van der Waals surface area contributed by atoms with Crippen LogP contribution in [0.4, 0.5) is 11.8 Å². The van der Waals surface area contributed by atoms with Gasteiger partial charge in [0.05, 0.1) is 0 Å². The lowest BCUT2D eigenvalue weighted by atomic mass is 9.92. The minimum atomic E-state index is 0.337. The second-order valence-electron chi connectivity index (χ2n) is 8.99. The average molecular weight is 422 g/mol. The highest BCUT2D eigenvalue weighted by molar-refractivity contribution is 5.81. The molecule has 164 valence electrons. The molecular formula is C23H33N8+. The summed E-state index contributed by atoms with van der Waals surface area (Å²) in [7, 11) is 0. The largest absolute Gasteiger partial charge is 0.364 e. The molecule has 8 heteroatoms. The highest BCUT2D eigenvalue weighted by Gasteiger charge is 2.25. The second-order valence-corrected chi connectivity index (χ2v) is 8.99. The van der Waals surface area contributed by atoms with Crippen LogP contribution in [-0.4, -0.2) is 51.1 Å². The molecule has 2 fully saturated rings. The summed E-state index contributed by atoms with van der Waals surface area (Å²) in [5.74, 6) is 1.57. The van der Waals surface area contributed by atoms with E-state index in [1.54, 1.807) is 0 Å².